The van der Waals surface area contributed by atoms with Gasteiger partial charge in [-0.25, -0.2) is 9.37 Å². The van der Waals surface area contributed by atoms with E-state index in [0.717, 1.165) is 65.0 Å². The lowest BCUT2D eigenvalue weighted by Gasteiger charge is -2.25. The molecule has 6 nitrogen and oxygen atoms in total. The van der Waals surface area contributed by atoms with Crippen molar-refractivity contribution < 1.29 is 9.13 Å². The predicted molar refractivity (Wildman–Crippen MR) is 154 cm³/mol. The van der Waals surface area contributed by atoms with Crippen LogP contribution in [0.5, 0.6) is 0 Å². The Morgan fingerprint density at radius 2 is 1.79 bits per heavy atom. The van der Waals surface area contributed by atoms with Gasteiger partial charge in [-0.05, 0) is 93.3 Å². The maximum atomic E-state index is 14.3. The Balaban J connectivity index is 1.58. The lowest BCUT2D eigenvalue weighted by molar-refractivity contribution is 0.0663. The fourth-order valence-corrected chi connectivity index (χ4v) is 5.37. The Kier molecular flexibility index (Phi) is 7.02. The molecule has 1 N–H and O–H groups in total. The Morgan fingerprint density at radius 3 is 2.51 bits per heavy atom. The number of methoxy groups -OCH3 is 1. The highest BCUT2D eigenvalue weighted by Gasteiger charge is 2.22. The average molecular weight is 542 g/mol. The lowest BCUT2D eigenvalue weighted by Crippen LogP contribution is -2.25. The number of hydrogen-bond acceptors (Lipinski definition) is 5. The topological polar surface area (TPSA) is 64.3 Å². The summed E-state index contributed by atoms with van der Waals surface area (Å²) in [4.78, 5) is 14.5. The van der Waals surface area contributed by atoms with E-state index in [0.29, 0.717) is 22.3 Å². The molecule has 0 atom stereocenters. The van der Waals surface area contributed by atoms with E-state index in [1.165, 1.54) is 12.1 Å². The van der Waals surface area contributed by atoms with Crippen molar-refractivity contribution in [2.24, 2.45) is 4.99 Å². The molecule has 0 unspecified atom stereocenters. The maximum absolute atomic E-state index is 14.3. The van der Waals surface area contributed by atoms with Crippen LogP contribution in [0.4, 0.5) is 15.8 Å². The van der Waals surface area contributed by atoms with E-state index in [1.54, 1.807) is 13.2 Å². The van der Waals surface area contributed by atoms with E-state index in [-0.39, 0.29) is 11.9 Å². The highest BCUT2D eigenvalue weighted by atomic mass is 35.5. The molecule has 6 rings (SSSR count). The van der Waals surface area contributed by atoms with Crippen LogP contribution in [0.25, 0.3) is 28.1 Å². The minimum absolute atomic E-state index is 0.192. The molecule has 1 aromatic heterocycles. The number of benzene rings is 3. The molecule has 3 aliphatic rings. The molecule has 8 heteroatoms. The van der Waals surface area contributed by atoms with Crippen LogP contribution in [0.1, 0.15) is 31.4 Å². The molecule has 2 aliphatic carbocycles. The van der Waals surface area contributed by atoms with Crippen molar-refractivity contribution in [2.75, 3.05) is 12.4 Å². The Bertz CT molecular complexity index is 1660. The van der Waals surface area contributed by atoms with Crippen molar-refractivity contribution in [1.29, 1.82) is 0 Å². The van der Waals surface area contributed by atoms with Crippen molar-refractivity contribution in [1.82, 2.24) is 14.5 Å². The number of aromatic nitrogens is 3. The van der Waals surface area contributed by atoms with Crippen LogP contribution in [0, 0.1) is 12.7 Å². The van der Waals surface area contributed by atoms with Gasteiger partial charge in [0.15, 0.2) is 0 Å². The smallest absolute Gasteiger partial charge is 0.125 e. The highest BCUT2D eigenvalue weighted by Crippen LogP contribution is 2.32. The van der Waals surface area contributed by atoms with Crippen LogP contribution >= 0.6 is 11.6 Å². The van der Waals surface area contributed by atoms with Crippen molar-refractivity contribution in [3.05, 3.63) is 94.8 Å². The average Bonchev–Trinajstić information content (AvgIpc) is 2.94. The van der Waals surface area contributed by atoms with Crippen molar-refractivity contribution in [2.45, 2.75) is 44.8 Å². The number of hydrogen-bond donors (Lipinski definition) is 1. The largest absolute Gasteiger partial charge is 0.381 e. The van der Waals surface area contributed by atoms with Gasteiger partial charge in [-0.2, -0.15) is 0 Å². The first kappa shape index (κ1) is 25.5. The van der Waals surface area contributed by atoms with E-state index in [4.69, 9.17) is 26.3 Å². The summed E-state index contributed by atoms with van der Waals surface area (Å²) in [6.07, 6.45) is 6.02. The van der Waals surface area contributed by atoms with Crippen molar-refractivity contribution in [3.63, 3.8) is 0 Å². The molecule has 0 bridgehead atoms. The molecule has 0 radical (unpaired) electrons. The zero-order chi connectivity index (χ0) is 26.9. The second-order valence-electron chi connectivity index (χ2n) is 10.0. The van der Waals surface area contributed by atoms with Gasteiger partial charge in [0.2, 0.25) is 0 Å². The molecule has 39 heavy (non-hydrogen) atoms. The predicted octanol–water partition coefficient (Wildman–Crippen LogP) is 7.23. The standard InChI is InChI=1S/C31H29ClFN5O/c1-19-3-7-23(18-34-19)36-26-16-29-31(17-27(26)35-22-8-12-25(39-2)13-9-22)38(24-10-4-20(32)5-11-24)30-14-6-21(33)15-28(30)37-29/h3-7,10-11,14-18,22,25,36H,8-9,12-13H2,1-2H3/b35-27+. The van der Waals surface area contributed by atoms with Crippen LogP contribution in [0.15, 0.2) is 77.9 Å². The number of anilines is 2. The van der Waals surface area contributed by atoms with E-state index >= 15 is 0 Å². The summed E-state index contributed by atoms with van der Waals surface area (Å²) in [5.41, 5.74) is 6.46. The fraction of sp³-hybridized carbons (Fsp3) is 0.258. The first-order valence-corrected chi connectivity index (χ1v) is 13.5. The SMILES string of the molecule is COC1CCC(/N=c2\cc3n(-c4ccc(Cl)cc4)c4ccc(F)cc4nc-3cc2Nc2ccc(C)nc2)CC1. The van der Waals surface area contributed by atoms with Gasteiger partial charge < -0.3 is 14.6 Å². The first-order valence-electron chi connectivity index (χ1n) is 13.2. The summed E-state index contributed by atoms with van der Waals surface area (Å²) >= 11 is 6.21. The quantitative estimate of drug-likeness (QED) is 0.238. The summed E-state index contributed by atoms with van der Waals surface area (Å²) in [7, 11) is 1.78. The van der Waals surface area contributed by atoms with E-state index in [2.05, 4.69) is 20.9 Å². The molecule has 1 aliphatic heterocycles. The number of rotatable bonds is 5. The van der Waals surface area contributed by atoms with Crippen LogP contribution in [-0.4, -0.2) is 33.8 Å². The number of nitrogens with one attached hydrogen (secondary N) is 1. The summed E-state index contributed by atoms with van der Waals surface area (Å²) in [5.74, 6) is -0.334. The minimum Gasteiger partial charge on any atom is -0.381 e. The normalized spacial score (nSPS) is 18.1. The van der Waals surface area contributed by atoms with E-state index in [1.807, 2.05) is 55.6 Å². The number of halogens is 2. The van der Waals surface area contributed by atoms with Crippen molar-refractivity contribution >= 4 is 34.0 Å². The van der Waals surface area contributed by atoms with Crippen LogP contribution in [0.2, 0.25) is 5.02 Å². The van der Waals surface area contributed by atoms with Crippen LogP contribution < -0.4 is 10.7 Å². The number of ether oxygens (including phenoxy) is 1. The fourth-order valence-electron chi connectivity index (χ4n) is 5.25. The van der Waals surface area contributed by atoms with Gasteiger partial charge in [0, 0.05) is 29.6 Å². The highest BCUT2D eigenvalue weighted by molar-refractivity contribution is 6.30. The third-order valence-electron chi connectivity index (χ3n) is 7.33. The zero-order valence-electron chi connectivity index (χ0n) is 21.9. The molecule has 3 aromatic rings. The zero-order valence-corrected chi connectivity index (χ0v) is 22.6. The van der Waals surface area contributed by atoms with Gasteiger partial charge in [-0.3, -0.25) is 9.98 Å². The van der Waals surface area contributed by atoms with Gasteiger partial charge in [0.05, 0.1) is 57.5 Å². The second-order valence-corrected chi connectivity index (χ2v) is 10.5. The van der Waals surface area contributed by atoms with Crippen molar-refractivity contribution in [3.8, 4) is 17.1 Å². The van der Waals surface area contributed by atoms with Gasteiger partial charge in [0.25, 0.3) is 0 Å². The maximum Gasteiger partial charge on any atom is 0.125 e. The molecule has 0 saturated heterocycles. The molecule has 1 saturated carbocycles. The minimum atomic E-state index is -0.334. The van der Waals surface area contributed by atoms with Crippen LogP contribution in [0.3, 0.4) is 0 Å². The molecule has 2 heterocycles. The molecular weight excluding hydrogens is 513 g/mol. The van der Waals surface area contributed by atoms with Gasteiger partial charge in [-0.1, -0.05) is 11.6 Å². The van der Waals surface area contributed by atoms with Gasteiger partial charge in [-0.15, -0.1) is 0 Å². The van der Waals surface area contributed by atoms with Gasteiger partial charge in [0.1, 0.15) is 5.82 Å². The first-order chi connectivity index (χ1) is 19.0. The Labute approximate surface area is 231 Å². The number of aryl methyl sites for hydroxylation is 1. The third-order valence-corrected chi connectivity index (χ3v) is 7.58. The molecule has 198 valence electrons. The van der Waals surface area contributed by atoms with E-state index in [9.17, 15) is 4.39 Å². The third kappa shape index (κ3) is 5.37. The number of nitrogens with zero attached hydrogens (tertiary/aromatic N) is 4. The summed E-state index contributed by atoms with van der Waals surface area (Å²) in [5, 5.41) is 5.00. The molecule has 0 spiro atoms. The Hall–Kier alpha value is -3.81. The molecular formula is C31H29ClFN5O. The van der Waals surface area contributed by atoms with E-state index < -0.39 is 0 Å². The Morgan fingerprint density at radius 1 is 1.00 bits per heavy atom. The monoisotopic (exact) mass is 541 g/mol. The second kappa shape index (κ2) is 10.8. The lowest BCUT2D eigenvalue weighted by atomic mass is 9.93. The summed E-state index contributed by atoms with van der Waals surface area (Å²) in [6, 6.07) is 20.5. The van der Waals surface area contributed by atoms with Crippen LogP contribution in [-0.2, 0) is 4.74 Å². The summed E-state index contributed by atoms with van der Waals surface area (Å²) < 4.78 is 22.0. The molecule has 2 aromatic carbocycles. The molecule has 0 amide bonds. The number of fused-ring (bicyclic) bond motifs is 2. The summed E-state index contributed by atoms with van der Waals surface area (Å²) in [6.45, 7) is 1.96. The molecule has 1 fully saturated rings. The number of pyridine rings is 1. The van der Waals surface area contributed by atoms with Gasteiger partial charge >= 0.3 is 0 Å².